The van der Waals surface area contributed by atoms with Crippen LogP contribution in [-0.2, 0) is 0 Å². The van der Waals surface area contributed by atoms with Gasteiger partial charge in [-0.05, 0) is 55.5 Å². The fourth-order valence-corrected chi connectivity index (χ4v) is 2.82. The monoisotopic (exact) mass is 330 g/mol. The van der Waals surface area contributed by atoms with Crippen LogP contribution in [0, 0.1) is 0 Å². The van der Waals surface area contributed by atoms with Crippen LogP contribution in [0.3, 0.4) is 0 Å². The largest absolute Gasteiger partial charge is 0.342 e. The fourth-order valence-electron chi connectivity index (χ4n) is 2.82. The molecular formula is C20H18N4O. The number of nitrogens with zero attached hydrogens (tertiary/aromatic N) is 2. The highest BCUT2D eigenvalue weighted by molar-refractivity contribution is 5.94. The Labute approximate surface area is 145 Å². The molecule has 2 aromatic carbocycles. The van der Waals surface area contributed by atoms with Gasteiger partial charge < -0.3 is 14.9 Å². The van der Waals surface area contributed by atoms with E-state index in [0.717, 1.165) is 22.5 Å². The molecule has 4 rings (SSSR count). The van der Waals surface area contributed by atoms with Crippen LogP contribution < -0.4 is 5.32 Å². The van der Waals surface area contributed by atoms with Crippen molar-refractivity contribution in [1.82, 2.24) is 19.9 Å². The summed E-state index contributed by atoms with van der Waals surface area (Å²) in [5.41, 5.74) is 3.51. The molecule has 25 heavy (non-hydrogen) atoms. The molecule has 2 heterocycles. The van der Waals surface area contributed by atoms with E-state index in [1.54, 1.807) is 0 Å². The van der Waals surface area contributed by atoms with Crippen molar-refractivity contribution < 1.29 is 4.79 Å². The third-order valence-corrected chi connectivity index (χ3v) is 4.20. The Morgan fingerprint density at radius 3 is 2.48 bits per heavy atom. The van der Waals surface area contributed by atoms with E-state index in [4.69, 9.17) is 0 Å². The molecule has 0 aliphatic rings. The van der Waals surface area contributed by atoms with Crippen molar-refractivity contribution in [3.63, 3.8) is 0 Å². The van der Waals surface area contributed by atoms with E-state index < -0.39 is 0 Å². The van der Waals surface area contributed by atoms with E-state index in [0.29, 0.717) is 5.56 Å². The normalized spacial score (nSPS) is 12.2. The summed E-state index contributed by atoms with van der Waals surface area (Å²) in [7, 11) is 0. The van der Waals surface area contributed by atoms with Crippen LogP contribution in [0.5, 0.6) is 0 Å². The lowest BCUT2D eigenvalue weighted by Gasteiger charge is -2.12. The number of imidazole rings is 1. The van der Waals surface area contributed by atoms with Crippen molar-refractivity contribution in [2.24, 2.45) is 0 Å². The van der Waals surface area contributed by atoms with Gasteiger partial charge in [-0.25, -0.2) is 4.98 Å². The first-order chi connectivity index (χ1) is 12.2. The number of aromatic nitrogens is 3. The standard InChI is InChI=1S/C20H18N4O/c1-14(19-22-17-6-2-3-7-18(17)23-19)21-20(25)15-8-10-16(11-9-15)24-12-4-5-13-24/h2-14H,1H3,(H,21,25)(H,22,23). The fraction of sp³-hybridized carbons (Fsp3) is 0.100. The van der Waals surface area contributed by atoms with Gasteiger partial charge in [0.2, 0.25) is 0 Å². The minimum Gasteiger partial charge on any atom is -0.342 e. The van der Waals surface area contributed by atoms with Gasteiger partial charge >= 0.3 is 0 Å². The van der Waals surface area contributed by atoms with Crippen LogP contribution in [-0.4, -0.2) is 20.4 Å². The molecule has 0 spiro atoms. The third kappa shape index (κ3) is 3.04. The van der Waals surface area contributed by atoms with Gasteiger partial charge in [-0.1, -0.05) is 12.1 Å². The summed E-state index contributed by atoms with van der Waals surface area (Å²) in [5, 5.41) is 2.99. The Bertz CT molecular complexity index is 967. The highest BCUT2D eigenvalue weighted by Gasteiger charge is 2.14. The highest BCUT2D eigenvalue weighted by Crippen LogP contribution is 2.16. The van der Waals surface area contributed by atoms with Gasteiger partial charge in [0.05, 0.1) is 17.1 Å². The summed E-state index contributed by atoms with van der Waals surface area (Å²) in [6, 6.07) is 19.1. The minimum absolute atomic E-state index is 0.119. The van der Waals surface area contributed by atoms with E-state index in [1.807, 2.05) is 84.5 Å². The minimum atomic E-state index is -0.205. The average molecular weight is 330 g/mol. The molecule has 0 saturated carbocycles. The van der Waals surface area contributed by atoms with Crippen molar-refractivity contribution in [3.05, 3.63) is 84.4 Å². The molecule has 0 fully saturated rings. The maximum absolute atomic E-state index is 12.5. The van der Waals surface area contributed by atoms with Gasteiger partial charge in [0.25, 0.3) is 5.91 Å². The first-order valence-electron chi connectivity index (χ1n) is 8.19. The van der Waals surface area contributed by atoms with Gasteiger partial charge in [-0.15, -0.1) is 0 Å². The van der Waals surface area contributed by atoms with Crippen molar-refractivity contribution >= 4 is 16.9 Å². The van der Waals surface area contributed by atoms with Gasteiger partial charge in [-0.3, -0.25) is 4.79 Å². The summed E-state index contributed by atoms with van der Waals surface area (Å²) in [5.74, 6) is 0.630. The topological polar surface area (TPSA) is 62.7 Å². The Kier molecular flexibility index (Phi) is 3.82. The van der Waals surface area contributed by atoms with Gasteiger partial charge in [0, 0.05) is 23.6 Å². The number of hydrogen-bond acceptors (Lipinski definition) is 2. The second-order valence-corrected chi connectivity index (χ2v) is 5.97. The van der Waals surface area contributed by atoms with E-state index >= 15 is 0 Å². The second kappa shape index (κ2) is 6.28. The van der Waals surface area contributed by atoms with Gasteiger partial charge in [0.1, 0.15) is 5.82 Å². The van der Waals surface area contributed by atoms with Crippen molar-refractivity contribution in [2.45, 2.75) is 13.0 Å². The third-order valence-electron chi connectivity index (χ3n) is 4.20. The molecule has 5 heteroatoms. The summed E-state index contributed by atoms with van der Waals surface area (Å²) in [6.45, 7) is 1.92. The van der Waals surface area contributed by atoms with E-state index in [-0.39, 0.29) is 11.9 Å². The number of benzene rings is 2. The molecule has 0 bridgehead atoms. The van der Waals surface area contributed by atoms with Crippen molar-refractivity contribution in [3.8, 4) is 5.69 Å². The molecule has 4 aromatic rings. The predicted octanol–water partition coefficient (Wildman–Crippen LogP) is 3.84. The number of rotatable bonds is 4. The number of carbonyl (C=O) groups is 1. The van der Waals surface area contributed by atoms with Crippen molar-refractivity contribution in [2.75, 3.05) is 0 Å². The zero-order valence-electron chi connectivity index (χ0n) is 13.8. The summed E-state index contributed by atoms with van der Waals surface area (Å²) in [4.78, 5) is 20.3. The van der Waals surface area contributed by atoms with E-state index in [1.165, 1.54) is 0 Å². The van der Waals surface area contributed by atoms with Crippen LogP contribution in [0.1, 0.15) is 29.1 Å². The zero-order chi connectivity index (χ0) is 17.2. The van der Waals surface area contributed by atoms with Gasteiger partial charge in [0.15, 0.2) is 0 Å². The Balaban J connectivity index is 1.49. The maximum atomic E-state index is 12.5. The molecule has 2 N–H and O–H groups in total. The molecule has 0 radical (unpaired) electrons. The van der Waals surface area contributed by atoms with Crippen molar-refractivity contribution in [1.29, 1.82) is 0 Å². The van der Waals surface area contributed by atoms with Crippen LogP contribution in [0.4, 0.5) is 0 Å². The number of amides is 1. The number of fused-ring (bicyclic) bond motifs is 1. The van der Waals surface area contributed by atoms with Crippen LogP contribution >= 0.6 is 0 Å². The molecule has 2 aromatic heterocycles. The Morgan fingerprint density at radius 1 is 1.04 bits per heavy atom. The molecule has 124 valence electrons. The number of nitrogens with one attached hydrogen (secondary N) is 2. The summed E-state index contributed by atoms with van der Waals surface area (Å²) >= 11 is 0. The zero-order valence-corrected chi connectivity index (χ0v) is 13.8. The maximum Gasteiger partial charge on any atom is 0.251 e. The quantitative estimate of drug-likeness (QED) is 0.597. The Morgan fingerprint density at radius 2 is 1.76 bits per heavy atom. The van der Waals surface area contributed by atoms with Crippen LogP contribution in [0.25, 0.3) is 16.7 Å². The number of H-pyrrole nitrogens is 1. The lowest BCUT2D eigenvalue weighted by molar-refractivity contribution is 0.0938. The van der Waals surface area contributed by atoms with Gasteiger partial charge in [-0.2, -0.15) is 0 Å². The van der Waals surface area contributed by atoms with Crippen LogP contribution in [0.15, 0.2) is 73.1 Å². The molecule has 1 unspecified atom stereocenters. The number of carbonyl (C=O) groups excluding carboxylic acids is 1. The first-order valence-corrected chi connectivity index (χ1v) is 8.19. The SMILES string of the molecule is CC(NC(=O)c1ccc(-n2cccc2)cc1)c1nc2ccccc2[nH]1. The second-order valence-electron chi connectivity index (χ2n) is 5.97. The first kappa shape index (κ1) is 15.2. The summed E-state index contributed by atoms with van der Waals surface area (Å²) < 4.78 is 2.00. The molecule has 5 nitrogen and oxygen atoms in total. The van der Waals surface area contributed by atoms with Crippen LogP contribution in [0.2, 0.25) is 0 Å². The highest BCUT2D eigenvalue weighted by atomic mass is 16.1. The molecule has 0 saturated heterocycles. The van der Waals surface area contributed by atoms with E-state index in [9.17, 15) is 4.79 Å². The molecule has 0 aliphatic heterocycles. The molecular weight excluding hydrogens is 312 g/mol. The molecule has 1 atom stereocenters. The number of aromatic amines is 1. The summed E-state index contributed by atoms with van der Waals surface area (Å²) in [6.07, 6.45) is 3.94. The number of hydrogen-bond donors (Lipinski definition) is 2. The lowest BCUT2D eigenvalue weighted by Crippen LogP contribution is -2.27. The Hall–Kier alpha value is -3.34. The van der Waals surface area contributed by atoms with E-state index in [2.05, 4.69) is 15.3 Å². The predicted molar refractivity (Wildman–Crippen MR) is 97.7 cm³/mol. The smallest absolute Gasteiger partial charge is 0.251 e. The lowest BCUT2D eigenvalue weighted by atomic mass is 10.1. The molecule has 1 amide bonds. The molecule has 0 aliphatic carbocycles. The number of para-hydroxylation sites is 2. The average Bonchev–Trinajstić information content (AvgIpc) is 3.31.